The first kappa shape index (κ1) is 18.6. The highest BCUT2D eigenvalue weighted by Gasteiger charge is 2.22. The summed E-state index contributed by atoms with van der Waals surface area (Å²) >= 11 is 0. The Morgan fingerprint density at radius 1 is 1.04 bits per heavy atom. The van der Waals surface area contributed by atoms with Gasteiger partial charge in [-0.15, -0.1) is 0 Å². The molecule has 0 aliphatic carbocycles. The van der Waals surface area contributed by atoms with E-state index in [1.807, 2.05) is 11.0 Å². The van der Waals surface area contributed by atoms with E-state index in [0.29, 0.717) is 35.5 Å². The lowest BCUT2D eigenvalue weighted by molar-refractivity contribution is 0.0643. The summed E-state index contributed by atoms with van der Waals surface area (Å²) in [5, 5.41) is 11.7. The summed E-state index contributed by atoms with van der Waals surface area (Å²) in [7, 11) is 0. The van der Waals surface area contributed by atoms with Crippen LogP contribution in [0.15, 0.2) is 48.5 Å². The number of nitriles is 1. The van der Waals surface area contributed by atoms with E-state index >= 15 is 0 Å². The van der Waals surface area contributed by atoms with Gasteiger partial charge < -0.3 is 15.1 Å². The predicted octanol–water partition coefficient (Wildman–Crippen LogP) is 2.59. The Hall–Kier alpha value is -3.17. The minimum atomic E-state index is -0.310. The van der Waals surface area contributed by atoms with E-state index in [1.54, 1.807) is 48.5 Å². The largest absolute Gasteiger partial charge is 0.336 e. The number of rotatable bonds is 4. The molecule has 1 heterocycles. The Kier molecular flexibility index (Phi) is 5.84. The normalized spacial score (nSPS) is 14.4. The maximum Gasteiger partial charge on any atom is 0.255 e. The summed E-state index contributed by atoms with van der Waals surface area (Å²) in [6, 6.07) is 15.5. The smallest absolute Gasteiger partial charge is 0.255 e. The maximum absolute atomic E-state index is 12.8. The molecule has 3 rings (SSSR count). The average Bonchev–Trinajstić information content (AvgIpc) is 2.73. The lowest BCUT2D eigenvalue weighted by atomic mass is 10.1. The molecule has 1 fully saturated rings. The molecule has 27 heavy (non-hydrogen) atoms. The second kappa shape index (κ2) is 8.47. The van der Waals surface area contributed by atoms with Crippen molar-refractivity contribution in [2.45, 2.75) is 6.92 Å². The summed E-state index contributed by atoms with van der Waals surface area (Å²) in [4.78, 5) is 29.4. The van der Waals surface area contributed by atoms with Crippen LogP contribution in [0.3, 0.4) is 0 Å². The number of likely N-dealkylation sites (N-methyl/N-ethyl adjacent to an activating group) is 1. The van der Waals surface area contributed by atoms with Gasteiger partial charge in [-0.3, -0.25) is 9.59 Å². The monoisotopic (exact) mass is 362 g/mol. The SMILES string of the molecule is CCN1CCN(C(=O)c2cccc(C(=O)Nc3cccc(C#N)c3)c2)CC1. The maximum atomic E-state index is 12.8. The van der Waals surface area contributed by atoms with Crippen LogP contribution in [-0.4, -0.2) is 54.3 Å². The van der Waals surface area contributed by atoms with Crippen LogP contribution in [-0.2, 0) is 0 Å². The lowest BCUT2D eigenvalue weighted by Gasteiger charge is -2.34. The molecule has 6 heteroatoms. The molecule has 2 aromatic rings. The zero-order valence-corrected chi connectivity index (χ0v) is 15.3. The van der Waals surface area contributed by atoms with Crippen molar-refractivity contribution in [3.63, 3.8) is 0 Å². The first-order valence-corrected chi connectivity index (χ1v) is 9.04. The number of hydrogen-bond donors (Lipinski definition) is 1. The molecule has 0 bridgehead atoms. The molecule has 0 atom stereocenters. The van der Waals surface area contributed by atoms with E-state index in [4.69, 9.17) is 5.26 Å². The van der Waals surface area contributed by atoms with Gasteiger partial charge in [-0.1, -0.05) is 19.1 Å². The number of nitrogens with zero attached hydrogens (tertiary/aromatic N) is 3. The summed E-state index contributed by atoms with van der Waals surface area (Å²) < 4.78 is 0. The van der Waals surface area contributed by atoms with E-state index in [0.717, 1.165) is 19.6 Å². The minimum Gasteiger partial charge on any atom is -0.336 e. The van der Waals surface area contributed by atoms with Crippen LogP contribution >= 0.6 is 0 Å². The molecule has 0 saturated carbocycles. The van der Waals surface area contributed by atoms with Gasteiger partial charge in [-0.2, -0.15) is 5.26 Å². The third-order valence-electron chi connectivity index (χ3n) is 4.73. The first-order chi connectivity index (χ1) is 13.1. The Bertz CT molecular complexity index is 880. The zero-order valence-electron chi connectivity index (χ0n) is 15.3. The molecule has 1 saturated heterocycles. The van der Waals surface area contributed by atoms with Gasteiger partial charge in [0.05, 0.1) is 11.6 Å². The molecule has 2 aromatic carbocycles. The number of amides is 2. The fraction of sp³-hybridized carbons (Fsp3) is 0.286. The van der Waals surface area contributed by atoms with Crippen molar-refractivity contribution in [3.8, 4) is 6.07 Å². The van der Waals surface area contributed by atoms with Gasteiger partial charge in [0.2, 0.25) is 0 Å². The molecule has 1 aliphatic heterocycles. The van der Waals surface area contributed by atoms with Crippen LogP contribution in [0.2, 0.25) is 0 Å². The standard InChI is InChI=1S/C21H22N4O2/c1-2-24-9-11-25(12-10-24)21(27)18-7-4-6-17(14-18)20(26)23-19-8-3-5-16(13-19)15-22/h3-8,13-14H,2,9-12H2,1H3,(H,23,26). The fourth-order valence-electron chi connectivity index (χ4n) is 3.11. The topological polar surface area (TPSA) is 76.4 Å². The highest BCUT2D eigenvalue weighted by molar-refractivity contribution is 6.06. The number of hydrogen-bond acceptors (Lipinski definition) is 4. The van der Waals surface area contributed by atoms with Crippen molar-refractivity contribution < 1.29 is 9.59 Å². The molecule has 0 radical (unpaired) electrons. The minimum absolute atomic E-state index is 0.0492. The molecule has 6 nitrogen and oxygen atoms in total. The second-order valence-corrected chi connectivity index (χ2v) is 6.45. The molecule has 0 unspecified atom stereocenters. The third-order valence-corrected chi connectivity index (χ3v) is 4.73. The van der Waals surface area contributed by atoms with Crippen LogP contribution in [0.5, 0.6) is 0 Å². The second-order valence-electron chi connectivity index (χ2n) is 6.45. The van der Waals surface area contributed by atoms with E-state index in [-0.39, 0.29) is 11.8 Å². The van der Waals surface area contributed by atoms with Crippen molar-refractivity contribution in [2.24, 2.45) is 0 Å². The Morgan fingerprint density at radius 2 is 1.74 bits per heavy atom. The van der Waals surface area contributed by atoms with Crippen molar-refractivity contribution in [1.82, 2.24) is 9.80 Å². The Balaban J connectivity index is 1.70. The van der Waals surface area contributed by atoms with E-state index < -0.39 is 0 Å². The number of carbonyl (C=O) groups is 2. The van der Waals surface area contributed by atoms with Crippen LogP contribution in [0.25, 0.3) is 0 Å². The summed E-state index contributed by atoms with van der Waals surface area (Å²) in [5.74, 6) is -0.359. The molecule has 1 N–H and O–H groups in total. The van der Waals surface area contributed by atoms with Crippen molar-refractivity contribution in [1.29, 1.82) is 5.26 Å². The van der Waals surface area contributed by atoms with E-state index in [2.05, 4.69) is 17.1 Å². The van der Waals surface area contributed by atoms with Crippen molar-refractivity contribution in [3.05, 3.63) is 65.2 Å². The number of benzene rings is 2. The summed E-state index contributed by atoms with van der Waals surface area (Å²) in [6.45, 7) is 6.25. The molecule has 138 valence electrons. The van der Waals surface area contributed by atoms with Crippen molar-refractivity contribution in [2.75, 3.05) is 38.0 Å². The molecule has 2 amide bonds. The quantitative estimate of drug-likeness (QED) is 0.907. The summed E-state index contributed by atoms with van der Waals surface area (Å²) in [6.07, 6.45) is 0. The third kappa shape index (κ3) is 4.52. The average molecular weight is 362 g/mol. The highest BCUT2D eigenvalue weighted by Crippen LogP contribution is 2.14. The van der Waals surface area contributed by atoms with Gasteiger partial charge in [-0.25, -0.2) is 0 Å². The highest BCUT2D eigenvalue weighted by atomic mass is 16.2. The van der Waals surface area contributed by atoms with Gasteiger partial charge in [0.15, 0.2) is 0 Å². The molecule has 1 aliphatic rings. The Morgan fingerprint density at radius 3 is 2.44 bits per heavy atom. The number of anilines is 1. The van der Waals surface area contributed by atoms with Gasteiger partial charge in [0, 0.05) is 43.0 Å². The van der Waals surface area contributed by atoms with Gasteiger partial charge >= 0.3 is 0 Å². The van der Waals surface area contributed by atoms with Crippen LogP contribution in [0, 0.1) is 11.3 Å². The zero-order chi connectivity index (χ0) is 19.2. The van der Waals surface area contributed by atoms with Crippen LogP contribution in [0.4, 0.5) is 5.69 Å². The predicted molar refractivity (Wildman–Crippen MR) is 104 cm³/mol. The lowest BCUT2D eigenvalue weighted by Crippen LogP contribution is -2.48. The molecule has 0 spiro atoms. The molecule has 0 aromatic heterocycles. The van der Waals surface area contributed by atoms with Crippen LogP contribution < -0.4 is 5.32 Å². The fourth-order valence-corrected chi connectivity index (χ4v) is 3.11. The van der Waals surface area contributed by atoms with Crippen LogP contribution in [0.1, 0.15) is 33.2 Å². The Labute approximate surface area is 159 Å². The number of carbonyl (C=O) groups excluding carboxylic acids is 2. The number of nitrogens with one attached hydrogen (secondary N) is 1. The van der Waals surface area contributed by atoms with E-state index in [1.165, 1.54) is 0 Å². The molecular weight excluding hydrogens is 340 g/mol. The van der Waals surface area contributed by atoms with E-state index in [9.17, 15) is 9.59 Å². The summed E-state index contributed by atoms with van der Waals surface area (Å²) in [5.41, 5.74) is 1.95. The first-order valence-electron chi connectivity index (χ1n) is 9.04. The van der Waals surface area contributed by atoms with Gasteiger partial charge in [-0.05, 0) is 42.9 Å². The number of piperazine rings is 1. The molecular formula is C21H22N4O2. The van der Waals surface area contributed by atoms with Gasteiger partial charge in [0.25, 0.3) is 11.8 Å². The van der Waals surface area contributed by atoms with Crippen molar-refractivity contribution >= 4 is 17.5 Å². The van der Waals surface area contributed by atoms with Gasteiger partial charge in [0.1, 0.15) is 0 Å².